The Morgan fingerprint density at radius 2 is 2.18 bits per heavy atom. The predicted octanol–water partition coefficient (Wildman–Crippen LogP) is 1.51. The van der Waals surface area contributed by atoms with Gasteiger partial charge < -0.3 is 9.73 Å². The number of carbonyl (C=O) groups is 1. The fourth-order valence-corrected chi connectivity index (χ4v) is 2.55. The first-order chi connectivity index (χ1) is 10.4. The van der Waals surface area contributed by atoms with Crippen molar-refractivity contribution >= 4 is 5.91 Å². The minimum absolute atomic E-state index is 0.0177. The van der Waals surface area contributed by atoms with Gasteiger partial charge in [0.15, 0.2) is 0 Å². The van der Waals surface area contributed by atoms with E-state index in [-0.39, 0.29) is 17.2 Å². The summed E-state index contributed by atoms with van der Waals surface area (Å²) in [4.78, 5) is 16.7. The van der Waals surface area contributed by atoms with Crippen molar-refractivity contribution in [3.63, 3.8) is 0 Å². The molecule has 0 fully saturated rings. The van der Waals surface area contributed by atoms with Gasteiger partial charge in [-0.3, -0.25) is 4.79 Å². The number of nitrogens with zero attached hydrogens (tertiary/aromatic N) is 3. The number of nitrogens with one attached hydrogen (secondary N) is 2. The number of H-pyrrole nitrogens is 1. The van der Waals surface area contributed by atoms with E-state index in [9.17, 15) is 4.79 Å². The highest BCUT2D eigenvalue weighted by Crippen LogP contribution is 2.23. The molecule has 0 radical (unpaired) electrons. The molecule has 2 heterocycles. The van der Waals surface area contributed by atoms with Gasteiger partial charge in [-0.25, -0.2) is 4.98 Å². The van der Waals surface area contributed by atoms with Gasteiger partial charge in [0.2, 0.25) is 11.8 Å². The van der Waals surface area contributed by atoms with Gasteiger partial charge in [-0.15, -0.1) is 0 Å². The average molecular weight is 303 g/mol. The lowest BCUT2D eigenvalue weighted by Crippen LogP contribution is -2.33. The Morgan fingerprint density at radius 3 is 2.91 bits per heavy atom. The summed E-state index contributed by atoms with van der Waals surface area (Å²) in [7, 11) is 0. The maximum Gasteiger partial charge on any atom is 0.223 e. The summed E-state index contributed by atoms with van der Waals surface area (Å²) in [6.45, 7) is 6.54. The number of amides is 1. The van der Waals surface area contributed by atoms with Crippen LogP contribution in [0.5, 0.6) is 0 Å². The molecule has 0 bridgehead atoms. The van der Waals surface area contributed by atoms with Gasteiger partial charge in [0.05, 0.1) is 23.6 Å². The molecule has 1 amide bonds. The van der Waals surface area contributed by atoms with Crippen molar-refractivity contribution in [3.05, 3.63) is 29.2 Å². The lowest BCUT2D eigenvalue weighted by molar-refractivity contribution is -0.125. The zero-order valence-corrected chi connectivity index (χ0v) is 13.1. The molecule has 0 saturated heterocycles. The third-order valence-electron chi connectivity index (χ3n) is 3.98. The molecule has 1 aliphatic carbocycles. The Morgan fingerprint density at radius 1 is 1.41 bits per heavy atom. The van der Waals surface area contributed by atoms with Crippen molar-refractivity contribution in [3.8, 4) is 0 Å². The lowest BCUT2D eigenvalue weighted by Gasteiger charge is -2.19. The Bertz CT molecular complexity index is 668. The third-order valence-corrected chi connectivity index (χ3v) is 3.98. The molecule has 7 nitrogen and oxygen atoms in total. The van der Waals surface area contributed by atoms with Gasteiger partial charge in [-0.05, 0) is 12.8 Å². The Hall–Kier alpha value is -2.18. The van der Waals surface area contributed by atoms with Crippen LogP contribution in [-0.2, 0) is 29.6 Å². The van der Waals surface area contributed by atoms with Crippen LogP contribution in [0.15, 0.2) is 10.7 Å². The molecule has 0 spiro atoms. The first-order valence-corrected chi connectivity index (χ1v) is 7.54. The number of hydrogen-bond acceptors (Lipinski definition) is 5. The van der Waals surface area contributed by atoms with E-state index in [1.54, 1.807) is 6.26 Å². The van der Waals surface area contributed by atoms with E-state index in [1.807, 2.05) is 0 Å². The first kappa shape index (κ1) is 14.7. The number of fused-ring (bicyclic) bond motifs is 1. The summed E-state index contributed by atoms with van der Waals surface area (Å²) in [6.07, 6.45) is 3.88. The Balaban J connectivity index is 1.56. The molecule has 22 heavy (non-hydrogen) atoms. The second-order valence-corrected chi connectivity index (χ2v) is 6.75. The molecule has 1 unspecified atom stereocenters. The lowest BCUT2D eigenvalue weighted by atomic mass is 9.89. The molecule has 7 heteroatoms. The van der Waals surface area contributed by atoms with Crippen LogP contribution >= 0.6 is 0 Å². The number of aromatic nitrogens is 4. The Labute approximate surface area is 128 Å². The summed E-state index contributed by atoms with van der Waals surface area (Å²) < 4.78 is 5.42. The molecular weight excluding hydrogens is 282 g/mol. The summed E-state index contributed by atoms with van der Waals surface area (Å²) in [5, 5.41) is 13.7. The second-order valence-electron chi connectivity index (χ2n) is 6.75. The molecule has 0 aliphatic heterocycles. The number of hydrogen-bond donors (Lipinski definition) is 2. The molecular formula is C15H21N5O2. The topological polar surface area (TPSA) is 96.7 Å². The molecule has 2 aromatic rings. The average Bonchev–Trinajstić information content (AvgIpc) is 3.12. The smallest absolute Gasteiger partial charge is 0.223 e. The molecule has 0 aromatic carbocycles. The van der Waals surface area contributed by atoms with E-state index in [0.29, 0.717) is 18.9 Å². The van der Waals surface area contributed by atoms with Crippen LogP contribution in [0, 0.1) is 5.92 Å². The highest BCUT2D eigenvalue weighted by atomic mass is 16.3. The van der Waals surface area contributed by atoms with Crippen LogP contribution in [0.4, 0.5) is 0 Å². The quantitative estimate of drug-likeness (QED) is 0.896. The summed E-state index contributed by atoms with van der Waals surface area (Å²) in [5.41, 5.74) is 2.71. The maximum atomic E-state index is 12.3. The van der Waals surface area contributed by atoms with Crippen molar-refractivity contribution < 1.29 is 9.21 Å². The normalized spacial score (nSPS) is 18.0. The number of carbonyl (C=O) groups excluding carboxylic acids is 1. The molecule has 118 valence electrons. The van der Waals surface area contributed by atoms with Gasteiger partial charge in [0.25, 0.3) is 0 Å². The third kappa shape index (κ3) is 3.03. The number of aryl methyl sites for hydroxylation is 1. The largest absolute Gasteiger partial charge is 0.447 e. The van der Waals surface area contributed by atoms with E-state index >= 15 is 0 Å². The van der Waals surface area contributed by atoms with Gasteiger partial charge in [0.1, 0.15) is 6.26 Å². The zero-order chi connectivity index (χ0) is 15.7. The van der Waals surface area contributed by atoms with Crippen LogP contribution in [0.25, 0.3) is 0 Å². The molecule has 0 saturated carbocycles. The highest BCUT2D eigenvalue weighted by Gasteiger charge is 2.27. The van der Waals surface area contributed by atoms with Gasteiger partial charge in [-0.1, -0.05) is 20.8 Å². The number of oxazole rings is 1. The van der Waals surface area contributed by atoms with Crippen molar-refractivity contribution in [2.45, 2.75) is 52.0 Å². The van der Waals surface area contributed by atoms with E-state index in [4.69, 9.17) is 4.42 Å². The maximum absolute atomic E-state index is 12.3. The monoisotopic (exact) mass is 303 g/mol. The Kier molecular flexibility index (Phi) is 3.72. The number of aromatic amines is 1. The van der Waals surface area contributed by atoms with Crippen molar-refractivity contribution in [1.82, 2.24) is 25.7 Å². The second kappa shape index (κ2) is 5.55. The molecule has 3 rings (SSSR count). The van der Waals surface area contributed by atoms with Crippen molar-refractivity contribution in [1.29, 1.82) is 0 Å². The fourth-order valence-electron chi connectivity index (χ4n) is 2.55. The zero-order valence-electron chi connectivity index (χ0n) is 13.1. The van der Waals surface area contributed by atoms with E-state index in [2.05, 4.69) is 46.5 Å². The van der Waals surface area contributed by atoms with E-state index in [1.165, 1.54) is 0 Å². The predicted molar refractivity (Wildman–Crippen MR) is 78.9 cm³/mol. The van der Waals surface area contributed by atoms with E-state index < -0.39 is 0 Å². The summed E-state index contributed by atoms with van der Waals surface area (Å²) in [5.74, 6) is 0.495. The highest BCUT2D eigenvalue weighted by molar-refractivity contribution is 5.79. The summed E-state index contributed by atoms with van der Waals surface area (Å²) >= 11 is 0. The van der Waals surface area contributed by atoms with Crippen LogP contribution in [0.2, 0.25) is 0 Å². The minimum Gasteiger partial charge on any atom is -0.447 e. The summed E-state index contributed by atoms with van der Waals surface area (Å²) in [6, 6.07) is 0. The molecule has 1 atom stereocenters. The van der Waals surface area contributed by atoms with Crippen LogP contribution < -0.4 is 5.32 Å². The van der Waals surface area contributed by atoms with Crippen molar-refractivity contribution in [2.75, 3.05) is 0 Å². The SMILES string of the molecule is CC(C)(C)c1coc(CNC(=O)C2CCc3n[nH]nc3C2)n1. The van der Waals surface area contributed by atoms with Crippen LogP contribution in [0.3, 0.4) is 0 Å². The minimum atomic E-state index is -0.0605. The van der Waals surface area contributed by atoms with Gasteiger partial charge in [0, 0.05) is 17.8 Å². The van der Waals surface area contributed by atoms with Crippen LogP contribution in [0.1, 0.15) is 50.2 Å². The molecule has 1 aliphatic rings. The first-order valence-electron chi connectivity index (χ1n) is 7.54. The standard InChI is InChI=1S/C15H21N5O2/c1-15(2,3)12-8-22-13(17-12)7-16-14(21)9-4-5-10-11(6-9)19-20-18-10/h8-9H,4-7H2,1-3H3,(H,16,21)(H,18,19,20). The molecule has 2 N–H and O–H groups in total. The molecule has 2 aromatic heterocycles. The van der Waals surface area contributed by atoms with Crippen LogP contribution in [-0.4, -0.2) is 26.3 Å². The number of rotatable bonds is 3. The van der Waals surface area contributed by atoms with Gasteiger partial charge in [-0.2, -0.15) is 15.4 Å². The fraction of sp³-hybridized carbons (Fsp3) is 0.600. The van der Waals surface area contributed by atoms with Crippen molar-refractivity contribution in [2.24, 2.45) is 5.92 Å². The van der Waals surface area contributed by atoms with E-state index in [0.717, 1.165) is 29.9 Å². The van der Waals surface area contributed by atoms with Gasteiger partial charge >= 0.3 is 0 Å².